The van der Waals surface area contributed by atoms with Crippen LogP contribution >= 0.6 is 0 Å². The SMILES string of the molecule is Cc1ccc(N2C[C@H](NC(=O)COc3ccc(C(C)C)cc3)CC2=O)cc1C. The molecule has 2 amide bonds. The molecule has 0 radical (unpaired) electrons. The fourth-order valence-electron chi connectivity index (χ4n) is 3.31. The second-order valence-corrected chi connectivity index (χ2v) is 7.75. The molecule has 5 heteroatoms. The lowest BCUT2D eigenvalue weighted by molar-refractivity contribution is -0.123. The molecule has 1 fully saturated rings. The monoisotopic (exact) mass is 380 g/mol. The van der Waals surface area contributed by atoms with Gasteiger partial charge in [0.2, 0.25) is 5.91 Å². The van der Waals surface area contributed by atoms with E-state index >= 15 is 0 Å². The first-order chi connectivity index (χ1) is 13.3. The predicted octanol–water partition coefficient (Wildman–Crippen LogP) is 3.73. The fraction of sp³-hybridized carbons (Fsp3) is 0.391. The first-order valence-corrected chi connectivity index (χ1v) is 9.73. The fourth-order valence-corrected chi connectivity index (χ4v) is 3.31. The lowest BCUT2D eigenvalue weighted by atomic mass is 10.0. The molecule has 148 valence electrons. The van der Waals surface area contributed by atoms with Crippen LogP contribution in [0.4, 0.5) is 5.69 Å². The Morgan fingerprint density at radius 2 is 1.86 bits per heavy atom. The van der Waals surface area contributed by atoms with Crippen molar-refractivity contribution in [3.8, 4) is 5.75 Å². The molecule has 0 spiro atoms. The number of rotatable bonds is 6. The van der Waals surface area contributed by atoms with Gasteiger partial charge in [-0.05, 0) is 60.7 Å². The first-order valence-electron chi connectivity index (χ1n) is 9.73. The van der Waals surface area contributed by atoms with E-state index in [-0.39, 0.29) is 24.5 Å². The van der Waals surface area contributed by atoms with Gasteiger partial charge < -0.3 is 15.0 Å². The molecule has 3 rings (SSSR count). The van der Waals surface area contributed by atoms with Crippen molar-refractivity contribution < 1.29 is 14.3 Å². The van der Waals surface area contributed by atoms with Crippen LogP contribution in [0.3, 0.4) is 0 Å². The van der Waals surface area contributed by atoms with Gasteiger partial charge in [-0.15, -0.1) is 0 Å². The predicted molar refractivity (Wildman–Crippen MR) is 111 cm³/mol. The highest BCUT2D eigenvalue weighted by Gasteiger charge is 2.31. The average molecular weight is 380 g/mol. The topological polar surface area (TPSA) is 58.6 Å². The molecular weight excluding hydrogens is 352 g/mol. The largest absolute Gasteiger partial charge is 0.484 e. The molecule has 2 aromatic rings. The Morgan fingerprint density at radius 3 is 2.50 bits per heavy atom. The quantitative estimate of drug-likeness (QED) is 0.831. The molecule has 1 aliphatic rings. The van der Waals surface area contributed by atoms with Gasteiger partial charge >= 0.3 is 0 Å². The summed E-state index contributed by atoms with van der Waals surface area (Å²) < 4.78 is 5.57. The van der Waals surface area contributed by atoms with E-state index in [0.717, 1.165) is 11.3 Å². The number of nitrogens with one attached hydrogen (secondary N) is 1. The van der Waals surface area contributed by atoms with Crippen molar-refractivity contribution in [3.63, 3.8) is 0 Å². The number of aryl methyl sites for hydroxylation is 2. The van der Waals surface area contributed by atoms with E-state index in [4.69, 9.17) is 4.74 Å². The van der Waals surface area contributed by atoms with E-state index in [1.165, 1.54) is 11.1 Å². The number of ether oxygens (including phenoxy) is 1. The maximum absolute atomic E-state index is 12.4. The Balaban J connectivity index is 1.52. The maximum Gasteiger partial charge on any atom is 0.258 e. The summed E-state index contributed by atoms with van der Waals surface area (Å²) in [7, 11) is 0. The highest BCUT2D eigenvalue weighted by atomic mass is 16.5. The Hall–Kier alpha value is -2.82. The first kappa shape index (κ1) is 19.9. The van der Waals surface area contributed by atoms with Crippen molar-refractivity contribution in [1.82, 2.24) is 5.32 Å². The molecule has 1 saturated heterocycles. The van der Waals surface area contributed by atoms with Crippen molar-refractivity contribution in [2.75, 3.05) is 18.1 Å². The van der Waals surface area contributed by atoms with Gasteiger partial charge in [0.25, 0.3) is 5.91 Å². The van der Waals surface area contributed by atoms with Gasteiger partial charge in [-0.3, -0.25) is 9.59 Å². The molecule has 1 N–H and O–H groups in total. The number of carbonyl (C=O) groups excluding carboxylic acids is 2. The van der Waals surface area contributed by atoms with Crippen molar-refractivity contribution in [2.24, 2.45) is 0 Å². The Morgan fingerprint density at radius 1 is 1.14 bits per heavy atom. The van der Waals surface area contributed by atoms with Crippen molar-refractivity contribution >= 4 is 17.5 Å². The number of carbonyl (C=O) groups is 2. The second kappa shape index (κ2) is 8.46. The van der Waals surface area contributed by atoms with Crippen LogP contribution in [-0.4, -0.2) is 31.0 Å². The average Bonchev–Trinajstić information content (AvgIpc) is 3.02. The summed E-state index contributed by atoms with van der Waals surface area (Å²) in [6, 6.07) is 13.6. The molecule has 0 aliphatic carbocycles. The highest BCUT2D eigenvalue weighted by molar-refractivity contribution is 5.97. The smallest absolute Gasteiger partial charge is 0.258 e. The zero-order valence-corrected chi connectivity index (χ0v) is 17.0. The highest BCUT2D eigenvalue weighted by Crippen LogP contribution is 2.24. The molecule has 5 nitrogen and oxygen atoms in total. The summed E-state index contributed by atoms with van der Waals surface area (Å²) in [5, 5.41) is 2.91. The number of amides is 2. The zero-order chi connectivity index (χ0) is 20.3. The molecule has 28 heavy (non-hydrogen) atoms. The minimum atomic E-state index is -0.215. The van der Waals surface area contributed by atoms with Crippen LogP contribution in [0.15, 0.2) is 42.5 Å². The van der Waals surface area contributed by atoms with E-state index in [2.05, 4.69) is 19.2 Å². The molecule has 1 heterocycles. The number of nitrogens with zero attached hydrogens (tertiary/aromatic N) is 1. The van der Waals surface area contributed by atoms with Gasteiger partial charge in [-0.25, -0.2) is 0 Å². The standard InChI is InChI=1S/C23H28N2O3/c1-15(2)18-6-9-21(10-7-18)28-14-22(26)24-19-12-23(27)25(13-19)20-8-5-16(3)17(4)11-20/h5-11,15,19H,12-14H2,1-4H3,(H,24,26)/t19-/m1/s1. The van der Waals surface area contributed by atoms with Gasteiger partial charge in [0.1, 0.15) is 5.75 Å². The summed E-state index contributed by atoms with van der Waals surface area (Å²) in [6.45, 7) is 8.76. The minimum absolute atomic E-state index is 0.0266. The molecule has 0 saturated carbocycles. The summed E-state index contributed by atoms with van der Waals surface area (Å²) in [5.74, 6) is 0.933. The maximum atomic E-state index is 12.4. The number of anilines is 1. The van der Waals surface area contributed by atoms with Gasteiger partial charge in [0.05, 0.1) is 6.04 Å². The number of hydrogen-bond acceptors (Lipinski definition) is 3. The summed E-state index contributed by atoms with van der Waals surface area (Å²) in [4.78, 5) is 26.3. The lowest BCUT2D eigenvalue weighted by Gasteiger charge is -2.18. The third-order valence-corrected chi connectivity index (χ3v) is 5.21. The molecule has 0 bridgehead atoms. The minimum Gasteiger partial charge on any atom is -0.484 e. The van der Waals surface area contributed by atoms with E-state index in [1.807, 2.05) is 56.3 Å². The molecule has 1 aliphatic heterocycles. The van der Waals surface area contributed by atoms with Crippen LogP contribution in [0.25, 0.3) is 0 Å². The van der Waals surface area contributed by atoms with Gasteiger partial charge in [0.15, 0.2) is 6.61 Å². The molecule has 0 unspecified atom stereocenters. The number of hydrogen-bond donors (Lipinski definition) is 1. The second-order valence-electron chi connectivity index (χ2n) is 7.75. The van der Waals surface area contributed by atoms with Crippen LogP contribution in [0.5, 0.6) is 5.75 Å². The Labute approximate surface area is 166 Å². The van der Waals surface area contributed by atoms with Crippen molar-refractivity contribution in [1.29, 1.82) is 0 Å². The Kier molecular flexibility index (Phi) is 6.02. The third kappa shape index (κ3) is 4.71. The van der Waals surface area contributed by atoms with Crippen molar-refractivity contribution in [2.45, 2.75) is 46.1 Å². The van der Waals surface area contributed by atoms with Crippen LogP contribution in [0.1, 0.15) is 42.9 Å². The van der Waals surface area contributed by atoms with Crippen LogP contribution in [0, 0.1) is 13.8 Å². The van der Waals surface area contributed by atoms with E-state index in [0.29, 0.717) is 24.6 Å². The molecule has 2 aromatic carbocycles. The summed E-state index contributed by atoms with van der Waals surface area (Å²) in [6.07, 6.45) is 0.307. The van der Waals surface area contributed by atoms with Crippen LogP contribution in [-0.2, 0) is 9.59 Å². The van der Waals surface area contributed by atoms with E-state index < -0.39 is 0 Å². The molecule has 1 atom stereocenters. The molecular formula is C23H28N2O3. The van der Waals surface area contributed by atoms with E-state index in [9.17, 15) is 9.59 Å². The third-order valence-electron chi connectivity index (χ3n) is 5.21. The molecule has 0 aromatic heterocycles. The van der Waals surface area contributed by atoms with Crippen molar-refractivity contribution in [3.05, 3.63) is 59.2 Å². The normalized spacial score (nSPS) is 16.5. The van der Waals surface area contributed by atoms with Gasteiger partial charge in [-0.2, -0.15) is 0 Å². The Bertz CT molecular complexity index is 859. The van der Waals surface area contributed by atoms with Crippen LogP contribution in [0.2, 0.25) is 0 Å². The van der Waals surface area contributed by atoms with Crippen LogP contribution < -0.4 is 15.0 Å². The zero-order valence-electron chi connectivity index (χ0n) is 17.0. The van der Waals surface area contributed by atoms with Gasteiger partial charge in [0, 0.05) is 18.7 Å². The lowest BCUT2D eigenvalue weighted by Crippen LogP contribution is -2.39. The number of benzene rings is 2. The summed E-state index contributed by atoms with van der Waals surface area (Å²) >= 11 is 0. The summed E-state index contributed by atoms with van der Waals surface area (Å²) in [5.41, 5.74) is 4.45. The van der Waals surface area contributed by atoms with Gasteiger partial charge in [-0.1, -0.05) is 32.0 Å². The van der Waals surface area contributed by atoms with E-state index in [1.54, 1.807) is 4.90 Å².